The van der Waals surface area contributed by atoms with Crippen LogP contribution in [0.5, 0.6) is 0 Å². The number of fused-ring (bicyclic) bond motifs is 1. The van der Waals surface area contributed by atoms with E-state index in [4.69, 9.17) is 4.74 Å². The first-order valence-corrected chi connectivity index (χ1v) is 14.9. The summed E-state index contributed by atoms with van der Waals surface area (Å²) in [6.07, 6.45) is 3.31. The highest BCUT2D eigenvalue weighted by Crippen LogP contribution is 2.33. The molecule has 1 aliphatic rings. The molecule has 0 bridgehead atoms. The van der Waals surface area contributed by atoms with E-state index >= 15 is 0 Å². The molecule has 1 fully saturated rings. The summed E-state index contributed by atoms with van der Waals surface area (Å²) in [5.41, 5.74) is 4.21. The number of aromatic nitrogens is 2. The number of carbonyl (C=O) groups excluding carboxylic acids is 2. The van der Waals surface area contributed by atoms with E-state index in [-0.39, 0.29) is 18.4 Å². The third-order valence-corrected chi connectivity index (χ3v) is 7.81. The molecule has 1 N–H and O–H groups in total. The van der Waals surface area contributed by atoms with Crippen LogP contribution in [0.2, 0.25) is 0 Å². The Hall–Kier alpha value is -3.40. The van der Waals surface area contributed by atoms with Gasteiger partial charge in [0.25, 0.3) is 0 Å². The number of rotatable bonds is 6. The SMILES string of the molecule is CC(C)(C)OC(=O)n1nc(I)c2cc(CC(=O)NC(c3ccccc3)c3ccccc3N3CCCCC3)ccc21. The van der Waals surface area contributed by atoms with Crippen molar-refractivity contribution in [2.75, 3.05) is 18.0 Å². The Balaban J connectivity index is 1.40. The second-order valence-electron chi connectivity index (χ2n) is 11.2. The van der Waals surface area contributed by atoms with Gasteiger partial charge in [-0.25, -0.2) is 4.79 Å². The number of hydrogen-bond donors (Lipinski definition) is 1. The van der Waals surface area contributed by atoms with E-state index in [0.29, 0.717) is 9.22 Å². The van der Waals surface area contributed by atoms with Crippen molar-refractivity contribution in [3.8, 4) is 0 Å². The molecule has 208 valence electrons. The van der Waals surface area contributed by atoms with Crippen LogP contribution < -0.4 is 10.2 Å². The summed E-state index contributed by atoms with van der Waals surface area (Å²) >= 11 is 2.11. The van der Waals surface area contributed by atoms with Crippen molar-refractivity contribution in [2.45, 2.75) is 58.1 Å². The van der Waals surface area contributed by atoms with Crippen molar-refractivity contribution >= 4 is 51.2 Å². The standard InChI is InChI=1S/C32H35IN4O3/c1-32(2,3)40-31(39)37-27-17-16-22(20-25(27)30(33)35-37)21-28(38)34-29(23-12-6-4-7-13-23)24-14-8-9-15-26(24)36-18-10-5-11-19-36/h4,6-9,12-17,20,29H,5,10-11,18-19,21H2,1-3H3,(H,34,38). The zero-order valence-corrected chi connectivity index (χ0v) is 25.4. The van der Waals surface area contributed by atoms with E-state index in [0.717, 1.165) is 35.2 Å². The second kappa shape index (κ2) is 12.0. The molecule has 1 aromatic heterocycles. The van der Waals surface area contributed by atoms with Gasteiger partial charge < -0.3 is 15.0 Å². The Morgan fingerprint density at radius 2 is 1.68 bits per heavy atom. The predicted octanol–water partition coefficient (Wildman–Crippen LogP) is 6.86. The number of piperidine rings is 1. The molecule has 3 aromatic carbocycles. The number of halogens is 1. The van der Waals surface area contributed by atoms with E-state index < -0.39 is 11.7 Å². The minimum absolute atomic E-state index is 0.0730. The summed E-state index contributed by atoms with van der Waals surface area (Å²) in [6, 6.07) is 23.9. The highest BCUT2D eigenvalue weighted by atomic mass is 127. The van der Waals surface area contributed by atoms with E-state index in [9.17, 15) is 9.59 Å². The van der Waals surface area contributed by atoms with Crippen molar-refractivity contribution in [3.63, 3.8) is 0 Å². The van der Waals surface area contributed by atoms with Crippen molar-refractivity contribution < 1.29 is 14.3 Å². The zero-order chi connectivity index (χ0) is 28.3. The molecule has 1 saturated heterocycles. The number of nitrogens with one attached hydrogen (secondary N) is 1. The minimum atomic E-state index is -0.624. The molecule has 1 aliphatic heterocycles. The van der Waals surface area contributed by atoms with Crippen molar-refractivity contribution in [1.29, 1.82) is 0 Å². The van der Waals surface area contributed by atoms with Crippen molar-refractivity contribution in [3.05, 3.63) is 93.2 Å². The van der Waals surface area contributed by atoms with Gasteiger partial charge in [0.05, 0.1) is 18.0 Å². The second-order valence-corrected chi connectivity index (χ2v) is 12.3. The minimum Gasteiger partial charge on any atom is -0.442 e. The van der Waals surface area contributed by atoms with Gasteiger partial charge in [-0.15, -0.1) is 0 Å². The Morgan fingerprint density at radius 1 is 0.975 bits per heavy atom. The van der Waals surface area contributed by atoms with Crippen LogP contribution in [0.1, 0.15) is 62.8 Å². The fourth-order valence-electron chi connectivity index (χ4n) is 5.22. The Labute approximate surface area is 249 Å². The van der Waals surface area contributed by atoms with Crippen molar-refractivity contribution in [1.82, 2.24) is 15.1 Å². The number of anilines is 1. The smallest absolute Gasteiger partial charge is 0.435 e. The van der Waals surface area contributed by atoms with Gasteiger partial charge in [0.2, 0.25) is 5.91 Å². The van der Waals surface area contributed by atoms with Crippen LogP contribution in [0.3, 0.4) is 0 Å². The topological polar surface area (TPSA) is 76.5 Å². The first-order chi connectivity index (χ1) is 19.2. The lowest BCUT2D eigenvalue weighted by Gasteiger charge is -2.33. The predicted molar refractivity (Wildman–Crippen MR) is 167 cm³/mol. The summed E-state index contributed by atoms with van der Waals surface area (Å²) in [5.74, 6) is -0.0730. The van der Waals surface area contributed by atoms with Gasteiger partial charge >= 0.3 is 6.09 Å². The van der Waals surface area contributed by atoms with Gasteiger partial charge in [0.1, 0.15) is 9.30 Å². The average Bonchev–Trinajstić information content (AvgIpc) is 3.27. The van der Waals surface area contributed by atoms with Crippen LogP contribution in [0, 0.1) is 3.70 Å². The summed E-state index contributed by atoms with van der Waals surface area (Å²) in [5, 5.41) is 8.54. The van der Waals surface area contributed by atoms with E-state index in [2.05, 4.69) is 68.2 Å². The van der Waals surface area contributed by atoms with Crippen LogP contribution in [0.15, 0.2) is 72.8 Å². The maximum Gasteiger partial charge on any atom is 0.435 e. The fraction of sp³-hybridized carbons (Fsp3) is 0.344. The molecule has 1 amide bonds. The number of benzene rings is 3. The summed E-state index contributed by atoms with van der Waals surface area (Å²) in [7, 11) is 0. The van der Waals surface area contributed by atoms with E-state index in [1.807, 2.05) is 63.2 Å². The quantitative estimate of drug-likeness (QED) is 0.231. The van der Waals surface area contributed by atoms with Gasteiger partial charge in [-0.1, -0.05) is 54.6 Å². The van der Waals surface area contributed by atoms with Gasteiger partial charge in [0, 0.05) is 29.7 Å². The molecule has 5 rings (SSSR count). The van der Waals surface area contributed by atoms with Crippen molar-refractivity contribution in [2.24, 2.45) is 0 Å². The number of nitrogens with zero attached hydrogens (tertiary/aromatic N) is 3. The molecule has 0 aliphatic carbocycles. The Morgan fingerprint density at radius 3 is 2.40 bits per heavy atom. The highest BCUT2D eigenvalue weighted by Gasteiger charge is 2.24. The highest BCUT2D eigenvalue weighted by molar-refractivity contribution is 14.1. The lowest BCUT2D eigenvalue weighted by Crippen LogP contribution is -2.34. The maximum absolute atomic E-state index is 13.5. The fourth-order valence-corrected chi connectivity index (χ4v) is 5.87. The molecule has 0 spiro atoms. The number of carbonyl (C=O) groups is 2. The maximum atomic E-state index is 13.5. The zero-order valence-electron chi connectivity index (χ0n) is 23.2. The largest absolute Gasteiger partial charge is 0.442 e. The molecule has 1 unspecified atom stereocenters. The van der Waals surface area contributed by atoms with Crippen LogP contribution in [-0.2, 0) is 16.0 Å². The average molecular weight is 651 g/mol. The third-order valence-electron chi connectivity index (χ3n) is 7.01. The Kier molecular flexibility index (Phi) is 8.44. The van der Waals surface area contributed by atoms with Gasteiger partial charge in [0.15, 0.2) is 0 Å². The third kappa shape index (κ3) is 6.49. The number of ether oxygens (including phenoxy) is 1. The van der Waals surface area contributed by atoms with Crippen LogP contribution in [0.4, 0.5) is 10.5 Å². The monoisotopic (exact) mass is 650 g/mol. The Bertz CT molecular complexity index is 1500. The van der Waals surface area contributed by atoms with Crippen LogP contribution >= 0.6 is 22.6 Å². The van der Waals surface area contributed by atoms with E-state index in [1.54, 1.807) is 0 Å². The molecule has 1 atom stereocenters. The van der Waals surface area contributed by atoms with Crippen LogP contribution in [-0.4, -0.2) is 40.5 Å². The molecular formula is C32H35IN4O3. The molecular weight excluding hydrogens is 615 g/mol. The normalized spacial score (nSPS) is 14.7. The van der Waals surface area contributed by atoms with E-state index in [1.165, 1.54) is 29.6 Å². The summed E-state index contributed by atoms with van der Waals surface area (Å²) in [6.45, 7) is 7.54. The van der Waals surface area contributed by atoms with Crippen LogP contribution in [0.25, 0.3) is 10.9 Å². The first kappa shape index (κ1) is 28.1. The number of para-hydroxylation sites is 1. The lowest BCUT2D eigenvalue weighted by molar-refractivity contribution is -0.120. The molecule has 2 heterocycles. The van der Waals surface area contributed by atoms with Gasteiger partial charge in [-0.3, -0.25) is 4.79 Å². The lowest BCUT2D eigenvalue weighted by atomic mass is 9.95. The molecule has 0 saturated carbocycles. The first-order valence-electron chi connectivity index (χ1n) is 13.8. The summed E-state index contributed by atoms with van der Waals surface area (Å²) < 4.78 is 7.48. The molecule has 7 nitrogen and oxygen atoms in total. The molecule has 0 radical (unpaired) electrons. The van der Waals surface area contributed by atoms with Gasteiger partial charge in [-0.2, -0.15) is 9.78 Å². The molecule has 4 aromatic rings. The number of hydrogen-bond acceptors (Lipinski definition) is 5. The van der Waals surface area contributed by atoms with Gasteiger partial charge in [-0.05, 0) is 92.0 Å². The summed E-state index contributed by atoms with van der Waals surface area (Å²) in [4.78, 5) is 28.7. The molecule has 40 heavy (non-hydrogen) atoms. The molecule has 8 heteroatoms. The number of amides is 1.